The van der Waals surface area contributed by atoms with E-state index >= 15 is 0 Å². The zero-order valence-corrected chi connectivity index (χ0v) is 10.4. The lowest BCUT2D eigenvalue weighted by atomic mass is 10.2. The van der Waals surface area contributed by atoms with E-state index in [1.54, 1.807) is 6.07 Å². The van der Waals surface area contributed by atoms with Gasteiger partial charge in [0.1, 0.15) is 6.61 Å². The molecule has 6 nitrogen and oxygen atoms in total. The number of ether oxygens (including phenoxy) is 2. The van der Waals surface area contributed by atoms with E-state index in [0.717, 1.165) is 0 Å². The summed E-state index contributed by atoms with van der Waals surface area (Å²) in [5.74, 6) is 0.376. The maximum atomic E-state index is 13.3. The second kappa shape index (κ2) is 6.26. The minimum atomic E-state index is -0.443. The van der Waals surface area contributed by atoms with E-state index < -0.39 is 5.82 Å². The van der Waals surface area contributed by atoms with E-state index in [9.17, 15) is 4.39 Å². The maximum absolute atomic E-state index is 13.3. The summed E-state index contributed by atoms with van der Waals surface area (Å²) in [6, 6.07) is 4.34. The van der Waals surface area contributed by atoms with Crippen LogP contribution in [0.1, 0.15) is 5.89 Å². The Morgan fingerprint density at radius 3 is 3.00 bits per heavy atom. The number of rotatable bonds is 6. The summed E-state index contributed by atoms with van der Waals surface area (Å²) in [5, 5.41) is 3.79. The van der Waals surface area contributed by atoms with Crippen molar-refractivity contribution in [1.82, 2.24) is 10.1 Å². The Bertz CT molecular complexity index is 545. The van der Waals surface area contributed by atoms with Crippen molar-refractivity contribution in [1.29, 1.82) is 0 Å². The largest absolute Gasteiger partial charge is 0.494 e. The van der Waals surface area contributed by atoms with Crippen molar-refractivity contribution in [3.63, 3.8) is 0 Å². The summed E-state index contributed by atoms with van der Waals surface area (Å²) in [5.41, 5.74) is 5.90. The molecule has 2 aromatic rings. The molecular formula is C12H14FN3O3. The molecule has 1 heterocycles. The number of nitrogens with zero attached hydrogens (tertiary/aromatic N) is 2. The molecule has 0 radical (unpaired) electrons. The molecule has 0 saturated heterocycles. The second-order valence-electron chi connectivity index (χ2n) is 3.70. The van der Waals surface area contributed by atoms with Gasteiger partial charge in [0.2, 0.25) is 5.82 Å². The first-order valence-electron chi connectivity index (χ1n) is 5.69. The molecule has 1 aromatic carbocycles. The van der Waals surface area contributed by atoms with Gasteiger partial charge >= 0.3 is 0 Å². The molecule has 19 heavy (non-hydrogen) atoms. The van der Waals surface area contributed by atoms with Crippen LogP contribution >= 0.6 is 0 Å². The summed E-state index contributed by atoms with van der Waals surface area (Å²) < 4.78 is 28.4. The maximum Gasteiger partial charge on any atom is 0.252 e. The molecule has 0 bridgehead atoms. The highest BCUT2D eigenvalue weighted by molar-refractivity contribution is 5.57. The van der Waals surface area contributed by atoms with Crippen LogP contribution in [0, 0.1) is 5.82 Å². The standard InChI is InChI=1S/C12H14FN3O3/c1-17-10-6-8(2-3-9(10)13)12-15-11(19-16-12)7-18-5-4-14/h2-3,6H,4-5,7,14H2,1H3. The van der Waals surface area contributed by atoms with Gasteiger partial charge in [-0.05, 0) is 18.2 Å². The van der Waals surface area contributed by atoms with Crippen LogP contribution in [0.2, 0.25) is 0 Å². The fourth-order valence-electron chi connectivity index (χ4n) is 1.47. The van der Waals surface area contributed by atoms with E-state index in [1.807, 2.05) is 0 Å². The SMILES string of the molecule is COc1cc(-c2noc(COCCN)n2)ccc1F. The van der Waals surface area contributed by atoms with Crippen LogP contribution < -0.4 is 10.5 Å². The number of hydrogen-bond acceptors (Lipinski definition) is 6. The number of hydrogen-bond donors (Lipinski definition) is 1. The fourth-order valence-corrected chi connectivity index (χ4v) is 1.47. The number of aromatic nitrogens is 2. The van der Waals surface area contributed by atoms with Gasteiger partial charge in [0.05, 0.1) is 13.7 Å². The highest BCUT2D eigenvalue weighted by atomic mass is 19.1. The smallest absolute Gasteiger partial charge is 0.252 e. The lowest BCUT2D eigenvalue weighted by Gasteiger charge is -2.02. The molecule has 2 N–H and O–H groups in total. The molecule has 0 fully saturated rings. The Morgan fingerprint density at radius 2 is 2.26 bits per heavy atom. The third kappa shape index (κ3) is 3.27. The number of nitrogens with two attached hydrogens (primary N) is 1. The first-order chi connectivity index (χ1) is 9.24. The fraction of sp³-hybridized carbons (Fsp3) is 0.333. The summed E-state index contributed by atoms with van der Waals surface area (Å²) in [7, 11) is 1.39. The lowest BCUT2D eigenvalue weighted by molar-refractivity contribution is 0.104. The summed E-state index contributed by atoms with van der Waals surface area (Å²) in [6.45, 7) is 1.04. The van der Waals surface area contributed by atoms with Crippen LogP contribution in [0.15, 0.2) is 22.7 Å². The number of halogens is 1. The van der Waals surface area contributed by atoms with Gasteiger partial charge in [0.25, 0.3) is 5.89 Å². The predicted molar refractivity (Wildman–Crippen MR) is 65.0 cm³/mol. The third-order valence-corrected chi connectivity index (χ3v) is 2.37. The normalized spacial score (nSPS) is 10.7. The topological polar surface area (TPSA) is 83.4 Å². The molecule has 0 spiro atoms. The van der Waals surface area contributed by atoms with Crippen molar-refractivity contribution >= 4 is 0 Å². The number of benzene rings is 1. The minimum absolute atomic E-state index is 0.128. The molecule has 0 saturated carbocycles. The van der Waals surface area contributed by atoms with Gasteiger partial charge < -0.3 is 19.7 Å². The molecule has 0 aliphatic heterocycles. The van der Waals surface area contributed by atoms with Gasteiger partial charge in [-0.1, -0.05) is 5.16 Å². The Kier molecular flexibility index (Phi) is 4.43. The summed E-state index contributed by atoms with van der Waals surface area (Å²) in [4.78, 5) is 4.14. The summed E-state index contributed by atoms with van der Waals surface area (Å²) >= 11 is 0. The van der Waals surface area contributed by atoms with E-state index in [-0.39, 0.29) is 12.4 Å². The molecule has 0 amide bonds. The van der Waals surface area contributed by atoms with Crippen LogP contribution in [0.25, 0.3) is 11.4 Å². The van der Waals surface area contributed by atoms with Crippen molar-refractivity contribution < 1.29 is 18.4 Å². The third-order valence-electron chi connectivity index (χ3n) is 2.37. The van der Waals surface area contributed by atoms with Crippen molar-refractivity contribution in [2.24, 2.45) is 5.73 Å². The van der Waals surface area contributed by atoms with Crippen molar-refractivity contribution in [2.45, 2.75) is 6.61 Å². The molecule has 7 heteroatoms. The van der Waals surface area contributed by atoms with Gasteiger partial charge in [0.15, 0.2) is 11.6 Å². The van der Waals surface area contributed by atoms with Crippen molar-refractivity contribution in [3.05, 3.63) is 29.9 Å². The van der Waals surface area contributed by atoms with Gasteiger partial charge in [-0.3, -0.25) is 0 Å². The van der Waals surface area contributed by atoms with Gasteiger partial charge in [-0.25, -0.2) is 4.39 Å². The monoisotopic (exact) mass is 267 g/mol. The Balaban J connectivity index is 2.13. The van der Waals surface area contributed by atoms with Gasteiger partial charge in [-0.2, -0.15) is 4.98 Å². The molecule has 0 unspecified atom stereocenters. The first-order valence-corrected chi connectivity index (χ1v) is 5.69. The van der Waals surface area contributed by atoms with E-state index in [0.29, 0.717) is 30.4 Å². The van der Waals surface area contributed by atoms with Gasteiger partial charge in [-0.15, -0.1) is 0 Å². The quantitative estimate of drug-likeness (QED) is 0.795. The molecule has 102 valence electrons. The van der Waals surface area contributed by atoms with E-state index in [2.05, 4.69) is 10.1 Å². The van der Waals surface area contributed by atoms with Crippen molar-refractivity contribution in [3.8, 4) is 17.1 Å². The van der Waals surface area contributed by atoms with E-state index in [4.69, 9.17) is 19.7 Å². The zero-order valence-electron chi connectivity index (χ0n) is 10.4. The molecule has 0 aliphatic rings. The average Bonchev–Trinajstić information content (AvgIpc) is 2.88. The molecule has 2 rings (SSSR count). The average molecular weight is 267 g/mol. The molecule has 0 aliphatic carbocycles. The molecular weight excluding hydrogens is 253 g/mol. The number of methoxy groups -OCH3 is 1. The molecule has 0 atom stereocenters. The van der Waals surface area contributed by atoms with Crippen LogP contribution in [0.4, 0.5) is 4.39 Å². The lowest BCUT2D eigenvalue weighted by Crippen LogP contribution is -2.08. The van der Waals surface area contributed by atoms with Crippen LogP contribution in [0.3, 0.4) is 0 Å². The van der Waals surface area contributed by atoms with Crippen LogP contribution in [-0.2, 0) is 11.3 Å². The van der Waals surface area contributed by atoms with E-state index in [1.165, 1.54) is 19.2 Å². The second-order valence-corrected chi connectivity index (χ2v) is 3.70. The minimum Gasteiger partial charge on any atom is -0.494 e. The molecule has 1 aromatic heterocycles. The first kappa shape index (κ1) is 13.4. The van der Waals surface area contributed by atoms with Crippen LogP contribution in [-0.4, -0.2) is 30.4 Å². The Morgan fingerprint density at radius 1 is 1.42 bits per heavy atom. The highest BCUT2D eigenvalue weighted by Gasteiger charge is 2.11. The van der Waals surface area contributed by atoms with Gasteiger partial charge in [0, 0.05) is 12.1 Å². The van der Waals surface area contributed by atoms with Crippen LogP contribution in [0.5, 0.6) is 5.75 Å². The predicted octanol–water partition coefficient (Wildman–Crippen LogP) is 1.36. The summed E-state index contributed by atoms with van der Waals surface area (Å²) in [6.07, 6.45) is 0. The van der Waals surface area contributed by atoms with Crippen molar-refractivity contribution in [2.75, 3.05) is 20.3 Å². The Hall–Kier alpha value is -1.99. The zero-order chi connectivity index (χ0) is 13.7. The highest BCUT2D eigenvalue weighted by Crippen LogP contribution is 2.24. The Labute approximate surface area is 109 Å².